The van der Waals surface area contributed by atoms with E-state index in [-0.39, 0.29) is 17.0 Å². The maximum Gasteiger partial charge on any atom is 0.280 e. The smallest absolute Gasteiger partial charge is 0.280 e. The molecule has 90 valence electrons. The van der Waals surface area contributed by atoms with Gasteiger partial charge in [-0.3, -0.25) is 14.9 Å². The van der Waals surface area contributed by atoms with Crippen LogP contribution < -0.4 is 4.90 Å². The number of Topliss-reactive ketones (excluding diaryl/α,β-unsaturated/α-hetero) is 1. The molecule has 1 aromatic carbocycles. The molecule has 2 rings (SSSR count). The van der Waals surface area contributed by atoms with Crippen molar-refractivity contribution in [2.75, 3.05) is 18.0 Å². The van der Waals surface area contributed by atoms with Crippen LogP contribution >= 0.6 is 0 Å². The lowest BCUT2D eigenvalue weighted by molar-refractivity contribution is -0.385. The van der Waals surface area contributed by atoms with E-state index in [2.05, 4.69) is 4.90 Å². The molecule has 5 heteroatoms. The largest absolute Gasteiger partial charge is 0.372 e. The first kappa shape index (κ1) is 11.6. The molecule has 1 aromatic rings. The zero-order valence-corrected chi connectivity index (χ0v) is 9.68. The minimum absolute atomic E-state index is 0.111. The van der Waals surface area contributed by atoms with E-state index in [9.17, 15) is 14.9 Å². The topological polar surface area (TPSA) is 63.5 Å². The molecule has 0 bridgehead atoms. The molecule has 0 N–H and O–H groups in total. The maximum absolute atomic E-state index is 11.4. The second kappa shape index (κ2) is 4.53. The molecular weight excluding hydrogens is 220 g/mol. The number of anilines is 1. The van der Waals surface area contributed by atoms with Crippen LogP contribution in [0.5, 0.6) is 0 Å². The van der Waals surface area contributed by atoms with Crippen molar-refractivity contribution in [3.05, 3.63) is 33.9 Å². The highest BCUT2D eigenvalue weighted by Gasteiger charge is 2.20. The van der Waals surface area contributed by atoms with Crippen molar-refractivity contribution >= 4 is 17.2 Å². The van der Waals surface area contributed by atoms with Crippen molar-refractivity contribution in [1.29, 1.82) is 0 Å². The Hall–Kier alpha value is -1.91. The molecule has 0 amide bonds. The van der Waals surface area contributed by atoms with Crippen LogP contribution in [0.25, 0.3) is 0 Å². The summed E-state index contributed by atoms with van der Waals surface area (Å²) in [5, 5.41) is 10.8. The van der Waals surface area contributed by atoms with Gasteiger partial charge in [0, 0.05) is 24.8 Å². The Morgan fingerprint density at radius 3 is 2.53 bits per heavy atom. The quantitative estimate of drug-likeness (QED) is 0.457. The highest BCUT2D eigenvalue weighted by Crippen LogP contribution is 2.27. The number of hydrogen-bond acceptors (Lipinski definition) is 4. The Kier molecular flexibility index (Phi) is 3.08. The van der Waals surface area contributed by atoms with Gasteiger partial charge in [-0.25, -0.2) is 0 Å². The standard InChI is InChI=1S/C12H14N2O3/c1-9(15)11-8-10(13-6-2-3-7-13)4-5-12(11)14(16)17/h4-5,8H,2-3,6-7H2,1H3. The third-order valence-electron chi connectivity index (χ3n) is 3.03. The van der Waals surface area contributed by atoms with Gasteiger partial charge in [0.05, 0.1) is 10.5 Å². The van der Waals surface area contributed by atoms with E-state index in [0.29, 0.717) is 0 Å². The molecule has 1 fully saturated rings. The second-order valence-corrected chi connectivity index (χ2v) is 4.21. The molecule has 0 aromatic heterocycles. The first-order valence-corrected chi connectivity index (χ1v) is 5.64. The number of hydrogen-bond donors (Lipinski definition) is 0. The summed E-state index contributed by atoms with van der Waals surface area (Å²) >= 11 is 0. The van der Waals surface area contributed by atoms with Crippen LogP contribution in [0.15, 0.2) is 18.2 Å². The normalized spacial score (nSPS) is 15.0. The minimum atomic E-state index is -0.509. The molecule has 1 aliphatic rings. The lowest BCUT2D eigenvalue weighted by Crippen LogP contribution is -2.18. The summed E-state index contributed by atoms with van der Waals surface area (Å²) in [6.07, 6.45) is 2.26. The van der Waals surface area contributed by atoms with Crippen LogP contribution in [0.1, 0.15) is 30.1 Å². The van der Waals surface area contributed by atoms with Crippen LogP contribution in [-0.4, -0.2) is 23.8 Å². The Balaban J connectivity index is 2.41. The number of rotatable bonds is 3. The van der Waals surface area contributed by atoms with Gasteiger partial charge in [0.2, 0.25) is 0 Å². The Labute approximate surface area is 99.2 Å². The van der Waals surface area contributed by atoms with Crippen LogP contribution in [0.2, 0.25) is 0 Å². The summed E-state index contributed by atoms with van der Waals surface area (Å²) < 4.78 is 0. The van der Waals surface area contributed by atoms with E-state index in [4.69, 9.17) is 0 Å². The summed E-state index contributed by atoms with van der Waals surface area (Å²) in [5.74, 6) is -0.266. The van der Waals surface area contributed by atoms with Gasteiger partial charge in [-0.1, -0.05) is 0 Å². The van der Waals surface area contributed by atoms with Crippen molar-refractivity contribution in [3.63, 3.8) is 0 Å². The molecule has 0 aliphatic carbocycles. The zero-order chi connectivity index (χ0) is 12.4. The Morgan fingerprint density at radius 1 is 1.35 bits per heavy atom. The first-order valence-electron chi connectivity index (χ1n) is 5.64. The van der Waals surface area contributed by atoms with Crippen molar-refractivity contribution in [1.82, 2.24) is 0 Å². The van der Waals surface area contributed by atoms with E-state index >= 15 is 0 Å². The van der Waals surface area contributed by atoms with Crippen LogP contribution in [0, 0.1) is 10.1 Å². The fourth-order valence-electron chi connectivity index (χ4n) is 2.14. The number of carbonyl (C=O) groups is 1. The third-order valence-corrected chi connectivity index (χ3v) is 3.03. The number of carbonyl (C=O) groups excluding carboxylic acids is 1. The summed E-state index contributed by atoms with van der Waals surface area (Å²) in [6, 6.07) is 4.77. The number of nitro groups is 1. The van der Waals surface area contributed by atoms with Crippen molar-refractivity contribution in [3.8, 4) is 0 Å². The van der Waals surface area contributed by atoms with Crippen molar-refractivity contribution < 1.29 is 9.72 Å². The van der Waals surface area contributed by atoms with E-state index in [1.165, 1.54) is 13.0 Å². The second-order valence-electron chi connectivity index (χ2n) is 4.21. The van der Waals surface area contributed by atoms with Gasteiger partial charge in [0.15, 0.2) is 5.78 Å². The average Bonchev–Trinajstić information content (AvgIpc) is 2.81. The van der Waals surface area contributed by atoms with E-state index in [1.54, 1.807) is 12.1 Å². The molecule has 5 nitrogen and oxygen atoms in total. The SMILES string of the molecule is CC(=O)c1cc(N2CCCC2)ccc1[N+](=O)[O-]. The van der Waals surface area contributed by atoms with Gasteiger partial charge < -0.3 is 4.90 Å². The summed E-state index contributed by atoms with van der Waals surface area (Å²) in [7, 11) is 0. The first-order chi connectivity index (χ1) is 8.09. The number of benzene rings is 1. The van der Waals surface area contributed by atoms with Gasteiger partial charge in [-0.2, -0.15) is 0 Å². The minimum Gasteiger partial charge on any atom is -0.372 e. The molecule has 1 heterocycles. The molecule has 0 saturated carbocycles. The molecule has 0 spiro atoms. The van der Waals surface area contributed by atoms with E-state index in [0.717, 1.165) is 31.6 Å². The monoisotopic (exact) mass is 234 g/mol. The highest BCUT2D eigenvalue weighted by atomic mass is 16.6. The lowest BCUT2D eigenvalue weighted by Gasteiger charge is -2.17. The molecule has 0 atom stereocenters. The van der Waals surface area contributed by atoms with Crippen molar-refractivity contribution in [2.45, 2.75) is 19.8 Å². The van der Waals surface area contributed by atoms with Crippen LogP contribution in [0.4, 0.5) is 11.4 Å². The average molecular weight is 234 g/mol. The number of nitrogens with zero attached hydrogens (tertiary/aromatic N) is 2. The van der Waals surface area contributed by atoms with Gasteiger partial charge in [-0.05, 0) is 31.9 Å². The molecule has 17 heavy (non-hydrogen) atoms. The Morgan fingerprint density at radius 2 is 2.00 bits per heavy atom. The van der Waals surface area contributed by atoms with Crippen LogP contribution in [-0.2, 0) is 0 Å². The zero-order valence-electron chi connectivity index (χ0n) is 9.68. The highest BCUT2D eigenvalue weighted by molar-refractivity contribution is 5.99. The Bertz CT molecular complexity index is 465. The molecule has 1 saturated heterocycles. The number of ketones is 1. The summed E-state index contributed by atoms with van der Waals surface area (Å²) in [6.45, 7) is 3.26. The van der Waals surface area contributed by atoms with Gasteiger partial charge >= 0.3 is 0 Å². The summed E-state index contributed by atoms with van der Waals surface area (Å²) in [4.78, 5) is 23.9. The lowest BCUT2D eigenvalue weighted by atomic mass is 10.1. The molecule has 1 aliphatic heterocycles. The molecule has 0 radical (unpaired) electrons. The predicted molar refractivity (Wildman–Crippen MR) is 64.5 cm³/mol. The fraction of sp³-hybridized carbons (Fsp3) is 0.417. The third kappa shape index (κ3) is 2.27. The maximum atomic E-state index is 11.4. The molecular formula is C12H14N2O3. The van der Waals surface area contributed by atoms with Gasteiger partial charge in [-0.15, -0.1) is 0 Å². The summed E-state index contributed by atoms with van der Waals surface area (Å²) in [5.41, 5.74) is 0.984. The van der Waals surface area contributed by atoms with Gasteiger partial charge in [0.25, 0.3) is 5.69 Å². The van der Waals surface area contributed by atoms with E-state index in [1.807, 2.05) is 0 Å². The van der Waals surface area contributed by atoms with Crippen LogP contribution in [0.3, 0.4) is 0 Å². The van der Waals surface area contributed by atoms with E-state index < -0.39 is 4.92 Å². The molecule has 0 unspecified atom stereocenters. The van der Waals surface area contributed by atoms with Crippen molar-refractivity contribution in [2.24, 2.45) is 0 Å². The fourth-order valence-corrected chi connectivity index (χ4v) is 2.14. The van der Waals surface area contributed by atoms with Gasteiger partial charge in [0.1, 0.15) is 0 Å². The number of nitro benzene ring substituents is 1. The predicted octanol–water partition coefficient (Wildman–Crippen LogP) is 2.40.